The highest BCUT2D eigenvalue weighted by atomic mass is 79.9. The summed E-state index contributed by atoms with van der Waals surface area (Å²) in [6.45, 7) is 6.14. The number of nitrogens with one attached hydrogen (secondary N) is 3. The Balaban J connectivity index is 1.40. The van der Waals surface area contributed by atoms with Gasteiger partial charge in [0, 0.05) is 10.2 Å². The summed E-state index contributed by atoms with van der Waals surface area (Å²) in [5, 5.41) is 20.3. The molecule has 1 aliphatic heterocycles. The monoisotopic (exact) mass is 730 g/mol. The highest BCUT2D eigenvalue weighted by molar-refractivity contribution is 9.10. The number of allylic oxidation sites excluding steroid dienone is 1. The van der Waals surface area contributed by atoms with Crippen LogP contribution in [0.2, 0.25) is 5.02 Å². The summed E-state index contributed by atoms with van der Waals surface area (Å²) in [6, 6.07) is 14.9. The normalized spacial score (nSPS) is 15.0. The van der Waals surface area contributed by atoms with Crippen molar-refractivity contribution in [2.75, 3.05) is 26.9 Å². The Morgan fingerprint density at radius 2 is 1.77 bits per heavy atom. The number of aliphatic hydroxyl groups is 1. The number of esters is 1. The van der Waals surface area contributed by atoms with E-state index < -0.39 is 24.3 Å². The third-order valence-corrected chi connectivity index (χ3v) is 7.55. The number of ether oxygens (including phenoxy) is 5. The van der Waals surface area contributed by atoms with Crippen LogP contribution in [0.15, 0.2) is 75.4 Å². The summed E-state index contributed by atoms with van der Waals surface area (Å²) in [7, 11) is 1.27. The van der Waals surface area contributed by atoms with Gasteiger partial charge < -0.3 is 39.4 Å². The minimum atomic E-state index is -1.18. The minimum absolute atomic E-state index is 0.180. The first-order valence-electron chi connectivity index (χ1n) is 14.7. The minimum Gasteiger partial charge on any atom is -0.490 e. The lowest BCUT2D eigenvalue weighted by molar-refractivity contribution is -0.136. The van der Waals surface area contributed by atoms with Crippen LogP contribution in [0.4, 0.5) is 4.79 Å². The summed E-state index contributed by atoms with van der Waals surface area (Å²) in [4.78, 5) is 24.6. The van der Waals surface area contributed by atoms with Crippen LogP contribution in [0.5, 0.6) is 23.0 Å². The lowest BCUT2D eigenvalue weighted by Gasteiger charge is -2.28. The van der Waals surface area contributed by atoms with Gasteiger partial charge in [-0.25, -0.2) is 9.59 Å². The fourth-order valence-corrected chi connectivity index (χ4v) is 5.16. The van der Waals surface area contributed by atoms with Crippen LogP contribution in [-0.4, -0.2) is 56.5 Å². The number of rotatable bonds is 15. The predicted molar refractivity (Wildman–Crippen MR) is 180 cm³/mol. The number of hydrazone groups is 1. The number of hydrogen-bond acceptors (Lipinski definition) is 10. The number of carbonyl (C=O) groups excluding carboxylic acids is 2. The predicted octanol–water partition coefficient (Wildman–Crippen LogP) is 5.60. The fourth-order valence-electron chi connectivity index (χ4n) is 4.62. The molecule has 4 N–H and O–H groups in total. The van der Waals surface area contributed by atoms with Crippen molar-refractivity contribution in [1.82, 2.24) is 16.1 Å². The second-order valence-electron chi connectivity index (χ2n) is 10.1. The standard InChI is InChI=1S/C33H36BrClN4O8/c1-5-44-26-15-22(30-29(32(41)43-4)19(3)37-33(42)38-30)9-12-25(26)46-18-28(40)39-36-16-21-13-24(35)31(27(14-21)45-6-2)47-17-20-7-10-23(34)11-8-20/h7-16,28,30,39-40H,5-6,17-18H2,1-4H3,(H2,37,38,42)/b36-16-/t28-,30+/m1/s1. The average molecular weight is 732 g/mol. The van der Waals surface area contributed by atoms with E-state index in [-0.39, 0.29) is 12.2 Å². The molecule has 0 aliphatic carbocycles. The molecule has 0 spiro atoms. The number of benzene rings is 3. The highest BCUT2D eigenvalue weighted by Crippen LogP contribution is 2.37. The average Bonchev–Trinajstić information content (AvgIpc) is 3.04. The topological polar surface area (TPSA) is 149 Å². The maximum absolute atomic E-state index is 12.5. The quantitative estimate of drug-likeness (QED) is 0.0679. The van der Waals surface area contributed by atoms with Crippen LogP contribution in [-0.2, 0) is 16.1 Å². The molecule has 0 saturated heterocycles. The molecular formula is C33H36BrClN4O8. The van der Waals surface area contributed by atoms with Crippen molar-refractivity contribution in [2.45, 2.75) is 39.6 Å². The number of aliphatic hydroxyl groups excluding tert-OH is 1. The molecule has 1 heterocycles. The summed E-state index contributed by atoms with van der Waals surface area (Å²) in [5.41, 5.74) is 5.43. The third-order valence-electron chi connectivity index (χ3n) is 6.74. The zero-order chi connectivity index (χ0) is 33.9. The largest absolute Gasteiger partial charge is 0.490 e. The molecule has 0 radical (unpaired) electrons. The lowest BCUT2D eigenvalue weighted by Crippen LogP contribution is -2.45. The van der Waals surface area contributed by atoms with E-state index in [4.69, 9.17) is 35.3 Å². The first kappa shape index (κ1) is 35.4. The Hall–Kier alpha value is -4.46. The van der Waals surface area contributed by atoms with Crippen molar-refractivity contribution in [3.8, 4) is 23.0 Å². The summed E-state index contributed by atoms with van der Waals surface area (Å²) in [6.07, 6.45) is 0.300. The van der Waals surface area contributed by atoms with E-state index in [0.717, 1.165) is 10.0 Å². The molecule has 14 heteroatoms. The number of urea groups is 1. The van der Waals surface area contributed by atoms with Gasteiger partial charge in [-0.05, 0) is 73.9 Å². The summed E-state index contributed by atoms with van der Waals surface area (Å²) >= 11 is 9.97. The summed E-state index contributed by atoms with van der Waals surface area (Å²) in [5.74, 6) is 0.998. The maximum atomic E-state index is 12.5. The first-order chi connectivity index (χ1) is 22.6. The first-order valence-corrected chi connectivity index (χ1v) is 15.9. The van der Waals surface area contributed by atoms with E-state index >= 15 is 0 Å². The maximum Gasteiger partial charge on any atom is 0.337 e. The Morgan fingerprint density at radius 1 is 1.04 bits per heavy atom. The summed E-state index contributed by atoms with van der Waals surface area (Å²) < 4.78 is 29.2. The lowest BCUT2D eigenvalue weighted by atomic mass is 9.95. The molecule has 0 aromatic heterocycles. The van der Waals surface area contributed by atoms with Crippen LogP contribution in [0.3, 0.4) is 0 Å². The van der Waals surface area contributed by atoms with Crippen molar-refractivity contribution in [1.29, 1.82) is 0 Å². The molecule has 1 aliphatic rings. The Kier molecular flexibility index (Phi) is 12.7. The van der Waals surface area contributed by atoms with Crippen LogP contribution >= 0.6 is 27.5 Å². The van der Waals surface area contributed by atoms with E-state index in [1.807, 2.05) is 38.1 Å². The molecule has 2 amide bonds. The highest BCUT2D eigenvalue weighted by Gasteiger charge is 2.32. The van der Waals surface area contributed by atoms with Crippen molar-refractivity contribution in [2.24, 2.45) is 5.10 Å². The molecule has 0 fully saturated rings. The van der Waals surface area contributed by atoms with Gasteiger partial charge >= 0.3 is 12.0 Å². The molecular weight excluding hydrogens is 696 g/mol. The molecule has 47 heavy (non-hydrogen) atoms. The van der Waals surface area contributed by atoms with Crippen LogP contribution in [0, 0.1) is 0 Å². The smallest absolute Gasteiger partial charge is 0.337 e. The second kappa shape index (κ2) is 16.9. The Morgan fingerprint density at radius 3 is 2.47 bits per heavy atom. The number of hydrogen-bond donors (Lipinski definition) is 4. The molecule has 3 aromatic rings. The zero-order valence-corrected chi connectivity index (χ0v) is 28.6. The van der Waals surface area contributed by atoms with Crippen molar-refractivity contribution < 1.29 is 38.4 Å². The van der Waals surface area contributed by atoms with Crippen molar-refractivity contribution in [3.63, 3.8) is 0 Å². The van der Waals surface area contributed by atoms with Gasteiger partial charge in [0.15, 0.2) is 29.2 Å². The number of halogens is 2. The molecule has 0 saturated carbocycles. The van der Waals surface area contributed by atoms with Gasteiger partial charge in [-0.15, -0.1) is 0 Å². The molecule has 4 rings (SSSR count). The Labute approximate surface area is 286 Å². The van der Waals surface area contributed by atoms with E-state index in [9.17, 15) is 14.7 Å². The molecule has 3 aromatic carbocycles. The van der Waals surface area contributed by atoms with Crippen molar-refractivity contribution >= 4 is 45.7 Å². The molecule has 12 nitrogen and oxygen atoms in total. The number of methoxy groups -OCH3 is 1. The van der Waals surface area contributed by atoms with Gasteiger partial charge in [-0.3, -0.25) is 5.43 Å². The van der Waals surface area contributed by atoms with E-state index in [1.54, 1.807) is 37.3 Å². The van der Waals surface area contributed by atoms with Gasteiger partial charge in [0.2, 0.25) is 0 Å². The van der Waals surface area contributed by atoms with E-state index in [0.29, 0.717) is 64.7 Å². The fraction of sp³-hybridized carbons (Fsp3) is 0.303. The van der Waals surface area contributed by atoms with Gasteiger partial charge in [0.25, 0.3) is 0 Å². The van der Waals surface area contributed by atoms with Crippen LogP contribution in [0.25, 0.3) is 0 Å². The second-order valence-corrected chi connectivity index (χ2v) is 11.4. The van der Waals surface area contributed by atoms with Crippen LogP contribution < -0.4 is 35.0 Å². The van der Waals surface area contributed by atoms with E-state index in [2.05, 4.69) is 37.1 Å². The zero-order valence-electron chi connectivity index (χ0n) is 26.3. The SMILES string of the molecule is CCOc1cc([C@@H]2NC(=O)NC(C)=C2C(=O)OC)ccc1OC[C@@H](O)N/N=C\c1cc(Cl)c(OCc2ccc(Br)cc2)c(OCC)c1. The molecule has 0 bridgehead atoms. The number of carbonyl (C=O) groups is 2. The molecule has 0 unspecified atom stereocenters. The van der Waals surface area contributed by atoms with Gasteiger partial charge in [-0.2, -0.15) is 5.10 Å². The molecule has 2 atom stereocenters. The van der Waals surface area contributed by atoms with Crippen molar-refractivity contribution in [3.05, 3.63) is 92.1 Å². The van der Waals surface area contributed by atoms with Gasteiger partial charge in [0.1, 0.15) is 13.2 Å². The van der Waals surface area contributed by atoms with Gasteiger partial charge in [-0.1, -0.05) is 45.7 Å². The number of amides is 2. The van der Waals surface area contributed by atoms with Gasteiger partial charge in [0.05, 0.1) is 43.2 Å². The molecule has 250 valence electrons. The Bertz CT molecular complexity index is 1630. The number of nitrogens with zero attached hydrogens (tertiary/aromatic N) is 1. The third kappa shape index (κ3) is 9.53. The van der Waals surface area contributed by atoms with E-state index in [1.165, 1.54) is 13.3 Å². The van der Waals surface area contributed by atoms with Crippen LogP contribution in [0.1, 0.15) is 43.5 Å².